The van der Waals surface area contributed by atoms with Gasteiger partial charge in [-0.25, -0.2) is 12.8 Å². The lowest BCUT2D eigenvalue weighted by atomic mass is 10.1. The maximum Gasteiger partial charge on any atom is 0.270 e. The smallest absolute Gasteiger partial charge is 0.270 e. The van der Waals surface area contributed by atoms with Gasteiger partial charge in [-0.2, -0.15) is 4.31 Å². The van der Waals surface area contributed by atoms with Crippen LogP contribution in [0.25, 0.3) is 0 Å². The number of nitrogens with zero attached hydrogens (tertiary/aromatic N) is 2. The standard InChI is InChI=1S/C18H20FN3O5S/c1-13(14-2-4-15(19)5-3-14)20-17-7-6-16(22(23)24)12-18(17)28(25,26)21-8-10-27-11-9-21/h2-7,12-13,20H,8-11H2,1H3/t13-/m1/s1. The SMILES string of the molecule is C[C@@H](Nc1ccc([N+](=O)[O-])cc1S(=O)(=O)N1CCOCC1)c1ccc(F)cc1. The van der Waals surface area contributed by atoms with Crippen molar-refractivity contribution < 1.29 is 22.5 Å². The summed E-state index contributed by atoms with van der Waals surface area (Å²) in [6.07, 6.45) is 0. The fraction of sp³-hybridized carbons (Fsp3) is 0.333. The molecule has 1 atom stereocenters. The number of benzene rings is 2. The highest BCUT2D eigenvalue weighted by Crippen LogP contribution is 2.32. The Labute approximate surface area is 162 Å². The number of non-ortho nitro benzene ring substituents is 1. The van der Waals surface area contributed by atoms with E-state index in [1.54, 1.807) is 19.1 Å². The number of nitrogens with one attached hydrogen (secondary N) is 1. The van der Waals surface area contributed by atoms with E-state index < -0.39 is 14.9 Å². The first-order valence-corrected chi connectivity index (χ1v) is 10.1. The van der Waals surface area contributed by atoms with E-state index in [1.807, 2.05) is 0 Å². The summed E-state index contributed by atoms with van der Waals surface area (Å²) in [5.74, 6) is -0.373. The summed E-state index contributed by atoms with van der Waals surface area (Å²) in [5, 5.41) is 14.2. The van der Waals surface area contributed by atoms with Gasteiger partial charge in [0.15, 0.2) is 0 Å². The zero-order chi connectivity index (χ0) is 20.3. The van der Waals surface area contributed by atoms with Gasteiger partial charge in [0.2, 0.25) is 10.0 Å². The molecule has 3 rings (SSSR count). The predicted molar refractivity (Wildman–Crippen MR) is 101 cm³/mol. The Kier molecular flexibility index (Phi) is 5.92. The number of hydrogen-bond donors (Lipinski definition) is 1. The van der Waals surface area contributed by atoms with Crippen LogP contribution in [0.2, 0.25) is 0 Å². The van der Waals surface area contributed by atoms with Crippen LogP contribution in [-0.4, -0.2) is 43.9 Å². The number of anilines is 1. The minimum absolute atomic E-state index is 0.169. The normalized spacial score (nSPS) is 16.5. The summed E-state index contributed by atoms with van der Waals surface area (Å²) >= 11 is 0. The molecule has 1 aliphatic heterocycles. The Balaban J connectivity index is 1.98. The van der Waals surface area contributed by atoms with Gasteiger partial charge in [0.1, 0.15) is 10.7 Å². The lowest BCUT2D eigenvalue weighted by Gasteiger charge is -2.27. The number of morpholine rings is 1. The van der Waals surface area contributed by atoms with Gasteiger partial charge in [0.25, 0.3) is 5.69 Å². The van der Waals surface area contributed by atoms with Gasteiger partial charge in [-0.3, -0.25) is 10.1 Å². The molecule has 0 amide bonds. The van der Waals surface area contributed by atoms with Crippen LogP contribution in [0, 0.1) is 15.9 Å². The second-order valence-corrected chi connectivity index (χ2v) is 8.28. The van der Waals surface area contributed by atoms with Crippen LogP contribution >= 0.6 is 0 Å². The summed E-state index contributed by atoms with van der Waals surface area (Å²) in [6.45, 7) is 2.68. The molecule has 1 saturated heterocycles. The molecule has 0 spiro atoms. The Morgan fingerprint density at radius 2 is 1.82 bits per heavy atom. The van der Waals surface area contributed by atoms with Crippen LogP contribution in [-0.2, 0) is 14.8 Å². The molecule has 0 bridgehead atoms. The quantitative estimate of drug-likeness (QED) is 0.581. The number of halogens is 1. The van der Waals surface area contributed by atoms with Gasteiger partial charge in [-0.1, -0.05) is 12.1 Å². The van der Waals surface area contributed by atoms with Gasteiger partial charge in [-0.05, 0) is 30.7 Å². The molecule has 0 aliphatic carbocycles. The van der Waals surface area contributed by atoms with Gasteiger partial charge in [0, 0.05) is 31.3 Å². The number of sulfonamides is 1. The summed E-state index contributed by atoms with van der Waals surface area (Å²) in [7, 11) is -3.96. The van der Waals surface area contributed by atoms with Gasteiger partial charge < -0.3 is 10.1 Å². The first kappa shape index (κ1) is 20.2. The van der Waals surface area contributed by atoms with E-state index in [0.717, 1.165) is 11.6 Å². The molecular formula is C18H20FN3O5S. The predicted octanol–water partition coefficient (Wildman–Crippen LogP) is 2.93. The van der Waals surface area contributed by atoms with E-state index in [2.05, 4.69) is 5.32 Å². The third-order valence-electron chi connectivity index (χ3n) is 4.51. The maximum absolute atomic E-state index is 13.1. The average molecular weight is 409 g/mol. The van der Waals surface area contributed by atoms with Crippen molar-refractivity contribution in [2.75, 3.05) is 31.6 Å². The van der Waals surface area contributed by atoms with Crippen molar-refractivity contribution in [2.45, 2.75) is 17.9 Å². The van der Waals surface area contributed by atoms with Crippen molar-refractivity contribution in [3.8, 4) is 0 Å². The minimum atomic E-state index is -3.96. The Morgan fingerprint density at radius 3 is 2.43 bits per heavy atom. The largest absolute Gasteiger partial charge is 0.379 e. The second kappa shape index (κ2) is 8.21. The second-order valence-electron chi connectivity index (χ2n) is 6.37. The van der Waals surface area contributed by atoms with Crippen LogP contribution < -0.4 is 5.32 Å². The first-order chi connectivity index (χ1) is 13.3. The van der Waals surface area contributed by atoms with E-state index in [4.69, 9.17) is 4.74 Å². The van der Waals surface area contributed by atoms with Crippen LogP contribution in [0.15, 0.2) is 47.4 Å². The topological polar surface area (TPSA) is 102 Å². The highest BCUT2D eigenvalue weighted by Gasteiger charge is 2.30. The Bertz CT molecular complexity index is 960. The molecule has 8 nitrogen and oxygen atoms in total. The third kappa shape index (κ3) is 4.29. The summed E-state index contributed by atoms with van der Waals surface area (Å²) in [5.41, 5.74) is 0.676. The number of rotatable bonds is 6. The Morgan fingerprint density at radius 1 is 1.18 bits per heavy atom. The number of nitro groups is 1. The van der Waals surface area contributed by atoms with E-state index in [1.165, 1.54) is 28.6 Å². The van der Waals surface area contributed by atoms with E-state index in [-0.39, 0.29) is 54.4 Å². The van der Waals surface area contributed by atoms with Crippen LogP contribution in [0.3, 0.4) is 0 Å². The van der Waals surface area contributed by atoms with Crippen molar-refractivity contribution in [2.24, 2.45) is 0 Å². The van der Waals surface area contributed by atoms with Gasteiger partial charge >= 0.3 is 0 Å². The molecule has 1 N–H and O–H groups in total. The average Bonchev–Trinajstić information content (AvgIpc) is 2.69. The van der Waals surface area contributed by atoms with E-state index in [0.29, 0.717) is 0 Å². The molecular weight excluding hydrogens is 389 g/mol. The van der Waals surface area contributed by atoms with Gasteiger partial charge in [0.05, 0.1) is 23.8 Å². The zero-order valence-corrected chi connectivity index (χ0v) is 16.0. The molecule has 28 heavy (non-hydrogen) atoms. The van der Waals surface area contributed by atoms with Crippen molar-refractivity contribution in [1.82, 2.24) is 4.31 Å². The minimum Gasteiger partial charge on any atom is -0.379 e. The van der Waals surface area contributed by atoms with Crippen molar-refractivity contribution in [3.63, 3.8) is 0 Å². The fourth-order valence-electron chi connectivity index (χ4n) is 2.95. The van der Waals surface area contributed by atoms with Crippen LogP contribution in [0.5, 0.6) is 0 Å². The summed E-state index contributed by atoms with van der Waals surface area (Å²) < 4.78 is 45.8. The molecule has 2 aromatic carbocycles. The Hall–Kier alpha value is -2.56. The van der Waals surface area contributed by atoms with Crippen LogP contribution in [0.4, 0.5) is 15.8 Å². The van der Waals surface area contributed by atoms with Crippen molar-refractivity contribution >= 4 is 21.4 Å². The lowest BCUT2D eigenvalue weighted by Crippen LogP contribution is -2.40. The number of ether oxygens (including phenoxy) is 1. The third-order valence-corrected chi connectivity index (χ3v) is 6.44. The van der Waals surface area contributed by atoms with E-state index >= 15 is 0 Å². The lowest BCUT2D eigenvalue weighted by molar-refractivity contribution is -0.385. The molecule has 0 radical (unpaired) electrons. The molecule has 1 fully saturated rings. The molecule has 1 heterocycles. The van der Waals surface area contributed by atoms with Crippen molar-refractivity contribution in [1.29, 1.82) is 0 Å². The molecule has 10 heteroatoms. The zero-order valence-electron chi connectivity index (χ0n) is 15.2. The summed E-state index contributed by atoms with van der Waals surface area (Å²) in [4.78, 5) is 10.4. The number of hydrogen-bond acceptors (Lipinski definition) is 6. The highest BCUT2D eigenvalue weighted by molar-refractivity contribution is 7.89. The number of nitro benzene ring substituents is 1. The van der Waals surface area contributed by atoms with E-state index in [9.17, 15) is 22.9 Å². The molecule has 0 saturated carbocycles. The fourth-order valence-corrected chi connectivity index (χ4v) is 4.53. The highest BCUT2D eigenvalue weighted by atomic mass is 32.2. The molecule has 1 aliphatic rings. The maximum atomic E-state index is 13.1. The monoisotopic (exact) mass is 409 g/mol. The van der Waals surface area contributed by atoms with Gasteiger partial charge in [-0.15, -0.1) is 0 Å². The molecule has 2 aromatic rings. The van der Waals surface area contributed by atoms with Crippen LogP contribution in [0.1, 0.15) is 18.5 Å². The first-order valence-electron chi connectivity index (χ1n) is 8.67. The molecule has 0 unspecified atom stereocenters. The molecule has 150 valence electrons. The molecule has 0 aromatic heterocycles. The summed E-state index contributed by atoms with van der Waals surface area (Å²) in [6, 6.07) is 9.15. The van der Waals surface area contributed by atoms with Crippen molar-refractivity contribution in [3.05, 3.63) is 64.0 Å².